The molecule has 0 aromatic carbocycles. The fourth-order valence-corrected chi connectivity index (χ4v) is 0.530. The van der Waals surface area contributed by atoms with Gasteiger partial charge in [0, 0.05) is 0 Å². The molecular weight excluding hydrogens is 128 g/mol. The summed E-state index contributed by atoms with van der Waals surface area (Å²) in [6.45, 7) is 7.07. The standard InChI is InChI=1S/C8H14O2/c1-5-6(2)8(3,4)7(9)10/h5H,1-4H3,(H,9,10). The molecule has 0 bridgehead atoms. The first-order valence-corrected chi connectivity index (χ1v) is 3.29. The second kappa shape index (κ2) is 2.86. The van der Waals surface area contributed by atoms with Gasteiger partial charge in [0.15, 0.2) is 0 Å². The molecule has 0 aliphatic rings. The second-order valence-corrected chi connectivity index (χ2v) is 2.90. The Labute approximate surface area is 61.6 Å². The van der Waals surface area contributed by atoms with Crippen molar-refractivity contribution in [1.29, 1.82) is 0 Å². The minimum absolute atomic E-state index is 0.714. The maximum Gasteiger partial charge on any atom is 0.313 e. The molecule has 0 amide bonds. The summed E-state index contributed by atoms with van der Waals surface area (Å²) in [4.78, 5) is 10.6. The number of hydrogen-bond donors (Lipinski definition) is 1. The monoisotopic (exact) mass is 142 g/mol. The molecule has 0 rings (SSSR count). The summed E-state index contributed by atoms with van der Waals surface area (Å²) in [5.74, 6) is -0.775. The van der Waals surface area contributed by atoms with Crippen molar-refractivity contribution in [2.45, 2.75) is 27.7 Å². The molecule has 0 saturated heterocycles. The van der Waals surface area contributed by atoms with Crippen molar-refractivity contribution in [3.8, 4) is 0 Å². The van der Waals surface area contributed by atoms with Crippen LogP contribution in [0.2, 0.25) is 0 Å². The van der Waals surface area contributed by atoms with E-state index in [-0.39, 0.29) is 0 Å². The molecule has 2 nitrogen and oxygen atoms in total. The number of carboxylic acids is 1. The number of allylic oxidation sites excluding steroid dienone is 1. The van der Waals surface area contributed by atoms with Crippen molar-refractivity contribution >= 4 is 5.97 Å². The van der Waals surface area contributed by atoms with Crippen LogP contribution in [0.5, 0.6) is 0 Å². The number of carbonyl (C=O) groups is 1. The molecular formula is C8H14O2. The average molecular weight is 142 g/mol. The number of rotatable bonds is 2. The van der Waals surface area contributed by atoms with Gasteiger partial charge in [-0.05, 0) is 27.7 Å². The first-order chi connectivity index (χ1) is 4.42. The highest BCUT2D eigenvalue weighted by Gasteiger charge is 2.28. The Balaban J connectivity index is 4.56. The van der Waals surface area contributed by atoms with Crippen LogP contribution in [0.15, 0.2) is 11.6 Å². The zero-order valence-corrected chi connectivity index (χ0v) is 6.93. The average Bonchev–Trinajstić information content (AvgIpc) is 1.86. The van der Waals surface area contributed by atoms with E-state index >= 15 is 0 Å². The molecule has 0 unspecified atom stereocenters. The maximum atomic E-state index is 10.6. The number of aliphatic carboxylic acids is 1. The highest BCUT2D eigenvalue weighted by Crippen LogP contribution is 2.25. The minimum atomic E-state index is -0.775. The van der Waals surface area contributed by atoms with Gasteiger partial charge in [0.25, 0.3) is 0 Å². The van der Waals surface area contributed by atoms with E-state index < -0.39 is 11.4 Å². The van der Waals surface area contributed by atoms with Gasteiger partial charge in [0.2, 0.25) is 0 Å². The molecule has 0 radical (unpaired) electrons. The van der Waals surface area contributed by atoms with Crippen LogP contribution in [0.3, 0.4) is 0 Å². The summed E-state index contributed by atoms with van der Waals surface area (Å²) < 4.78 is 0. The van der Waals surface area contributed by atoms with Gasteiger partial charge in [-0.2, -0.15) is 0 Å². The summed E-state index contributed by atoms with van der Waals surface area (Å²) in [7, 11) is 0. The van der Waals surface area contributed by atoms with Crippen LogP contribution in [0, 0.1) is 5.41 Å². The minimum Gasteiger partial charge on any atom is -0.481 e. The van der Waals surface area contributed by atoms with E-state index in [0.717, 1.165) is 5.57 Å². The van der Waals surface area contributed by atoms with Crippen LogP contribution in [0.1, 0.15) is 27.7 Å². The van der Waals surface area contributed by atoms with Crippen molar-refractivity contribution in [2.75, 3.05) is 0 Å². The van der Waals surface area contributed by atoms with Crippen LogP contribution in [0.4, 0.5) is 0 Å². The molecule has 0 aliphatic heterocycles. The summed E-state index contributed by atoms with van der Waals surface area (Å²) in [6, 6.07) is 0. The van der Waals surface area contributed by atoms with Crippen molar-refractivity contribution in [2.24, 2.45) is 5.41 Å². The topological polar surface area (TPSA) is 37.3 Å². The summed E-state index contributed by atoms with van der Waals surface area (Å²) in [5, 5.41) is 8.70. The van der Waals surface area contributed by atoms with Crippen molar-refractivity contribution in [3.05, 3.63) is 11.6 Å². The van der Waals surface area contributed by atoms with Crippen LogP contribution in [-0.2, 0) is 4.79 Å². The Morgan fingerprint density at radius 1 is 1.50 bits per heavy atom. The van der Waals surface area contributed by atoms with Gasteiger partial charge in [-0.15, -0.1) is 0 Å². The van der Waals surface area contributed by atoms with Crippen LogP contribution in [0.25, 0.3) is 0 Å². The Bertz CT molecular complexity index is 166. The fourth-order valence-electron chi connectivity index (χ4n) is 0.530. The van der Waals surface area contributed by atoms with Gasteiger partial charge in [-0.1, -0.05) is 11.6 Å². The maximum absolute atomic E-state index is 10.6. The molecule has 1 N–H and O–H groups in total. The summed E-state index contributed by atoms with van der Waals surface area (Å²) in [5.41, 5.74) is 0.175. The zero-order valence-electron chi connectivity index (χ0n) is 6.93. The van der Waals surface area contributed by atoms with E-state index in [9.17, 15) is 4.79 Å². The highest BCUT2D eigenvalue weighted by molar-refractivity contribution is 5.77. The zero-order chi connectivity index (χ0) is 8.36. The predicted molar refractivity (Wildman–Crippen MR) is 40.8 cm³/mol. The molecule has 0 saturated carbocycles. The quantitative estimate of drug-likeness (QED) is 0.599. The first-order valence-electron chi connectivity index (χ1n) is 3.29. The molecule has 10 heavy (non-hydrogen) atoms. The Hall–Kier alpha value is -0.790. The Morgan fingerprint density at radius 3 is 2.00 bits per heavy atom. The van der Waals surface area contributed by atoms with E-state index in [1.807, 2.05) is 19.9 Å². The Morgan fingerprint density at radius 2 is 1.90 bits per heavy atom. The smallest absolute Gasteiger partial charge is 0.313 e. The van der Waals surface area contributed by atoms with E-state index in [1.165, 1.54) is 0 Å². The third-order valence-corrected chi connectivity index (χ3v) is 1.95. The van der Waals surface area contributed by atoms with Gasteiger partial charge >= 0.3 is 5.97 Å². The van der Waals surface area contributed by atoms with Gasteiger partial charge in [0.1, 0.15) is 0 Å². The van der Waals surface area contributed by atoms with Crippen molar-refractivity contribution in [1.82, 2.24) is 0 Å². The van der Waals surface area contributed by atoms with Crippen LogP contribution < -0.4 is 0 Å². The summed E-state index contributed by atoms with van der Waals surface area (Å²) >= 11 is 0. The predicted octanol–water partition coefficient (Wildman–Crippen LogP) is 2.06. The van der Waals surface area contributed by atoms with E-state index in [4.69, 9.17) is 5.11 Å². The molecule has 0 fully saturated rings. The SMILES string of the molecule is CC=C(C)C(C)(C)C(=O)O. The van der Waals surface area contributed by atoms with Crippen molar-refractivity contribution in [3.63, 3.8) is 0 Å². The number of carboxylic acid groups (broad SMARTS) is 1. The first kappa shape index (κ1) is 9.21. The van der Waals surface area contributed by atoms with E-state index in [2.05, 4.69) is 0 Å². The third-order valence-electron chi connectivity index (χ3n) is 1.95. The number of hydrogen-bond acceptors (Lipinski definition) is 1. The van der Waals surface area contributed by atoms with Gasteiger partial charge in [-0.25, -0.2) is 0 Å². The third kappa shape index (κ3) is 1.59. The molecule has 58 valence electrons. The largest absolute Gasteiger partial charge is 0.481 e. The van der Waals surface area contributed by atoms with Crippen molar-refractivity contribution < 1.29 is 9.90 Å². The lowest BCUT2D eigenvalue weighted by Crippen LogP contribution is -2.24. The van der Waals surface area contributed by atoms with Gasteiger partial charge in [0.05, 0.1) is 5.41 Å². The lowest BCUT2D eigenvalue weighted by Gasteiger charge is -2.19. The molecule has 0 aromatic heterocycles. The van der Waals surface area contributed by atoms with E-state index in [0.29, 0.717) is 0 Å². The normalized spacial score (nSPS) is 13.4. The lowest BCUT2D eigenvalue weighted by atomic mass is 9.85. The van der Waals surface area contributed by atoms with Crippen LogP contribution >= 0.6 is 0 Å². The lowest BCUT2D eigenvalue weighted by molar-refractivity contribution is -0.144. The Kier molecular flexibility index (Phi) is 2.64. The van der Waals surface area contributed by atoms with E-state index in [1.54, 1.807) is 13.8 Å². The second-order valence-electron chi connectivity index (χ2n) is 2.90. The fraction of sp³-hybridized carbons (Fsp3) is 0.625. The summed E-state index contributed by atoms with van der Waals surface area (Å²) in [6.07, 6.45) is 1.83. The molecule has 0 spiro atoms. The van der Waals surface area contributed by atoms with Gasteiger partial charge in [-0.3, -0.25) is 4.79 Å². The molecule has 0 aromatic rings. The van der Waals surface area contributed by atoms with Crippen LogP contribution in [-0.4, -0.2) is 11.1 Å². The molecule has 2 heteroatoms. The molecule has 0 aliphatic carbocycles. The van der Waals surface area contributed by atoms with Gasteiger partial charge < -0.3 is 5.11 Å². The highest BCUT2D eigenvalue weighted by atomic mass is 16.4. The molecule has 0 atom stereocenters. The molecule has 0 heterocycles.